The van der Waals surface area contributed by atoms with E-state index in [0.717, 1.165) is 0 Å². The number of halogens is 1. The molecule has 0 aliphatic rings. The highest BCUT2D eigenvalue weighted by Gasteiger charge is 2.21. The van der Waals surface area contributed by atoms with Crippen LogP contribution in [0.2, 0.25) is 0 Å². The summed E-state index contributed by atoms with van der Waals surface area (Å²) in [5.41, 5.74) is 7.17. The summed E-state index contributed by atoms with van der Waals surface area (Å²) in [5.74, 6) is 0.178. The van der Waals surface area contributed by atoms with Gasteiger partial charge in [0.05, 0.1) is 16.9 Å². The van der Waals surface area contributed by atoms with E-state index in [-0.39, 0.29) is 11.7 Å². The molecule has 0 fully saturated rings. The van der Waals surface area contributed by atoms with Gasteiger partial charge in [-0.2, -0.15) is 5.10 Å². The van der Waals surface area contributed by atoms with Gasteiger partial charge in [-0.25, -0.2) is 4.39 Å². The number of nitrogens with zero attached hydrogens (tertiary/aromatic N) is 3. The molecular formula is C13H16FN5. The van der Waals surface area contributed by atoms with Gasteiger partial charge >= 0.3 is 0 Å². The predicted molar refractivity (Wildman–Crippen MR) is 73.4 cm³/mol. The van der Waals surface area contributed by atoms with Crippen LogP contribution in [0.4, 0.5) is 15.9 Å². The van der Waals surface area contributed by atoms with Gasteiger partial charge in [0, 0.05) is 14.1 Å². The third-order valence-corrected chi connectivity index (χ3v) is 2.99. The quantitative estimate of drug-likeness (QED) is 0.655. The Morgan fingerprint density at radius 2 is 2.05 bits per heavy atom. The van der Waals surface area contributed by atoms with Crippen molar-refractivity contribution in [2.75, 3.05) is 11.9 Å². The zero-order valence-electron chi connectivity index (χ0n) is 11.1. The lowest BCUT2D eigenvalue weighted by atomic mass is 10.2. The summed E-state index contributed by atoms with van der Waals surface area (Å²) in [6, 6.07) is 6.45. The van der Waals surface area contributed by atoms with E-state index < -0.39 is 0 Å². The van der Waals surface area contributed by atoms with Crippen LogP contribution in [-0.4, -0.2) is 22.7 Å². The number of rotatable bonds is 3. The summed E-state index contributed by atoms with van der Waals surface area (Å²) in [4.78, 5) is 1.64. The zero-order valence-corrected chi connectivity index (χ0v) is 11.1. The molecule has 0 aliphatic carbocycles. The van der Waals surface area contributed by atoms with Gasteiger partial charge in [0.25, 0.3) is 0 Å². The third kappa shape index (κ3) is 2.16. The summed E-state index contributed by atoms with van der Waals surface area (Å²) in [7, 11) is 3.47. The Hall–Kier alpha value is -2.37. The number of aryl methyl sites for hydroxylation is 2. The average Bonchev–Trinajstić information content (AvgIpc) is 2.64. The maximum absolute atomic E-state index is 13.8. The van der Waals surface area contributed by atoms with E-state index in [1.54, 1.807) is 48.8 Å². The van der Waals surface area contributed by atoms with Crippen molar-refractivity contribution in [2.24, 2.45) is 12.8 Å². The van der Waals surface area contributed by atoms with E-state index in [1.807, 2.05) is 0 Å². The lowest BCUT2D eigenvalue weighted by molar-refractivity contribution is 0.626. The zero-order chi connectivity index (χ0) is 14.2. The number of nitrogens with one attached hydrogen (secondary N) is 1. The molecule has 6 heteroatoms. The molecule has 0 unspecified atom stereocenters. The fourth-order valence-electron chi connectivity index (χ4n) is 2.18. The minimum absolute atomic E-state index is 0.0798. The first-order chi connectivity index (χ1) is 8.93. The first kappa shape index (κ1) is 13.1. The van der Waals surface area contributed by atoms with Gasteiger partial charge in [-0.1, -0.05) is 12.1 Å². The molecule has 100 valence electrons. The average molecular weight is 261 g/mol. The van der Waals surface area contributed by atoms with E-state index >= 15 is 0 Å². The van der Waals surface area contributed by atoms with E-state index in [9.17, 15) is 4.39 Å². The molecule has 3 N–H and O–H groups in total. The first-order valence-corrected chi connectivity index (χ1v) is 5.79. The molecule has 0 bridgehead atoms. The molecule has 0 radical (unpaired) electrons. The lowest BCUT2D eigenvalue weighted by Crippen LogP contribution is -2.20. The first-order valence-electron chi connectivity index (χ1n) is 5.79. The molecule has 5 nitrogen and oxygen atoms in total. The normalized spacial score (nSPS) is 10.5. The standard InChI is InChI=1S/C13H16FN5/c1-8-11(12(15)16)13(19(3)17-8)18(2)10-7-5-4-6-9(10)14/h4-7H,1-3H3,(H3,15,16). The van der Waals surface area contributed by atoms with Crippen LogP contribution in [0.25, 0.3) is 0 Å². The number of nitrogen functional groups attached to an aromatic ring is 1. The van der Waals surface area contributed by atoms with E-state index in [2.05, 4.69) is 5.10 Å². The second-order valence-corrected chi connectivity index (χ2v) is 4.33. The summed E-state index contributed by atoms with van der Waals surface area (Å²) < 4.78 is 15.4. The number of hydrogen-bond donors (Lipinski definition) is 2. The number of aromatic nitrogens is 2. The van der Waals surface area contributed by atoms with Crippen molar-refractivity contribution in [3.05, 3.63) is 41.3 Å². The van der Waals surface area contributed by atoms with Gasteiger partial charge in [0.2, 0.25) is 0 Å². The molecule has 19 heavy (non-hydrogen) atoms. The van der Waals surface area contributed by atoms with E-state index in [4.69, 9.17) is 11.1 Å². The predicted octanol–water partition coefficient (Wildman–Crippen LogP) is 1.92. The molecule has 2 aromatic rings. The Balaban J connectivity index is 2.59. The summed E-state index contributed by atoms with van der Waals surface area (Å²) in [6.07, 6.45) is 0. The van der Waals surface area contributed by atoms with Crippen molar-refractivity contribution in [3.63, 3.8) is 0 Å². The maximum atomic E-state index is 13.8. The van der Waals surface area contributed by atoms with Gasteiger partial charge < -0.3 is 10.6 Å². The van der Waals surface area contributed by atoms with E-state index in [1.165, 1.54) is 6.07 Å². The van der Waals surface area contributed by atoms with Gasteiger partial charge in [-0.3, -0.25) is 10.1 Å². The van der Waals surface area contributed by atoms with Crippen LogP contribution in [-0.2, 0) is 7.05 Å². The monoisotopic (exact) mass is 261 g/mol. The molecule has 0 aliphatic heterocycles. The fraction of sp³-hybridized carbons (Fsp3) is 0.231. The lowest BCUT2D eigenvalue weighted by Gasteiger charge is -2.21. The van der Waals surface area contributed by atoms with Crippen LogP contribution in [0.5, 0.6) is 0 Å². The molecule has 0 atom stereocenters. The fourth-order valence-corrected chi connectivity index (χ4v) is 2.18. The number of amidine groups is 1. The van der Waals surface area contributed by atoms with Gasteiger partial charge in [-0.15, -0.1) is 0 Å². The SMILES string of the molecule is Cc1nn(C)c(N(C)c2ccccc2F)c1C(=N)N. The molecule has 1 heterocycles. The Labute approximate surface area is 111 Å². The van der Waals surface area contributed by atoms with Crippen molar-refractivity contribution in [1.82, 2.24) is 9.78 Å². The highest BCUT2D eigenvalue weighted by Crippen LogP contribution is 2.29. The van der Waals surface area contributed by atoms with Crippen LogP contribution in [0.15, 0.2) is 24.3 Å². The van der Waals surface area contributed by atoms with Crippen molar-refractivity contribution in [1.29, 1.82) is 5.41 Å². The van der Waals surface area contributed by atoms with Crippen molar-refractivity contribution in [2.45, 2.75) is 6.92 Å². The van der Waals surface area contributed by atoms with Gasteiger partial charge in [0.1, 0.15) is 17.5 Å². The molecule has 2 rings (SSSR count). The van der Waals surface area contributed by atoms with Crippen LogP contribution in [0.1, 0.15) is 11.3 Å². The van der Waals surface area contributed by atoms with Crippen molar-refractivity contribution < 1.29 is 4.39 Å². The number of nitrogens with two attached hydrogens (primary N) is 1. The minimum Gasteiger partial charge on any atom is -0.384 e. The summed E-state index contributed by atoms with van der Waals surface area (Å²) in [5, 5.41) is 11.9. The van der Waals surface area contributed by atoms with E-state index in [0.29, 0.717) is 22.8 Å². The number of para-hydroxylation sites is 1. The Bertz CT molecular complexity index is 632. The smallest absolute Gasteiger partial charge is 0.146 e. The topological polar surface area (TPSA) is 70.9 Å². The van der Waals surface area contributed by atoms with Crippen molar-refractivity contribution >= 4 is 17.3 Å². The third-order valence-electron chi connectivity index (χ3n) is 2.99. The molecule has 0 amide bonds. The maximum Gasteiger partial charge on any atom is 0.146 e. The second-order valence-electron chi connectivity index (χ2n) is 4.33. The molecule has 1 aromatic heterocycles. The summed E-state index contributed by atoms with van der Waals surface area (Å²) in [6.45, 7) is 1.77. The molecule has 0 saturated carbocycles. The second kappa shape index (κ2) is 4.72. The van der Waals surface area contributed by atoms with Crippen LogP contribution in [0, 0.1) is 18.2 Å². The Morgan fingerprint density at radius 1 is 1.42 bits per heavy atom. The van der Waals surface area contributed by atoms with Crippen LogP contribution in [0.3, 0.4) is 0 Å². The Morgan fingerprint density at radius 3 is 2.63 bits per heavy atom. The number of hydrogen-bond acceptors (Lipinski definition) is 3. The molecule has 0 saturated heterocycles. The van der Waals surface area contributed by atoms with Crippen LogP contribution >= 0.6 is 0 Å². The molecule has 0 spiro atoms. The number of benzene rings is 1. The minimum atomic E-state index is -0.335. The number of anilines is 2. The molecular weight excluding hydrogens is 245 g/mol. The highest BCUT2D eigenvalue weighted by atomic mass is 19.1. The molecule has 1 aromatic carbocycles. The summed E-state index contributed by atoms with van der Waals surface area (Å²) >= 11 is 0. The van der Waals surface area contributed by atoms with Gasteiger partial charge in [-0.05, 0) is 19.1 Å². The largest absolute Gasteiger partial charge is 0.384 e. The van der Waals surface area contributed by atoms with Crippen LogP contribution < -0.4 is 10.6 Å². The van der Waals surface area contributed by atoms with Gasteiger partial charge in [0.15, 0.2) is 0 Å². The van der Waals surface area contributed by atoms with Crippen molar-refractivity contribution in [3.8, 4) is 0 Å². The Kier molecular flexibility index (Phi) is 3.25. The highest BCUT2D eigenvalue weighted by molar-refractivity contribution is 6.01.